The van der Waals surface area contributed by atoms with Crippen LogP contribution in [-0.4, -0.2) is 16.0 Å². The third-order valence-corrected chi connectivity index (χ3v) is 2.44. The van der Waals surface area contributed by atoms with E-state index >= 15 is 0 Å². The number of fused-ring (bicyclic) bond motifs is 1. The molecular weight excluding hydrogens is 166 g/mol. The molecule has 0 saturated heterocycles. The maximum atomic E-state index is 11.5. The van der Waals surface area contributed by atoms with Gasteiger partial charge in [0.25, 0.3) is 5.56 Å². The first-order valence-corrected chi connectivity index (χ1v) is 4.51. The Bertz CT molecular complexity index is 383. The van der Waals surface area contributed by atoms with Gasteiger partial charge in [-0.25, -0.2) is 4.98 Å². The van der Waals surface area contributed by atoms with Gasteiger partial charge in [-0.05, 0) is 26.2 Å². The molecule has 4 heteroatoms. The van der Waals surface area contributed by atoms with Crippen molar-refractivity contribution in [2.45, 2.75) is 32.2 Å². The number of hydrogen-bond acceptors (Lipinski definition) is 3. The summed E-state index contributed by atoms with van der Waals surface area (Å²) < 4.78 is 0. The topological polar surface area (TPSA) is 71.8 Å². The van der Waals surface area contributed by atoms with Crippen LogP contribution in [0.2, 0.25) is 0 Å². The molecule has 70 valence electrons. The van der Waals surface area contributed by atoms with E-state index in [2.05, 4.69) is 9.97 Å². The number of aryl methyl sites for hydroxylation is 2. The molecule has 0 radical (unpaired) electrons. The monoisotopic (exact) mass is 179 g/mol. The minimum absolute atomic E-state index is 0.0161. The van der Waals surface area contributed by atoms with E-state index in [0.29, 0.717) is 12.2 Å². The quantitative estimate of drug-likeness (QED) is 0.584. The second kappa shape index (κ2) is 2.96. The molecule has 1 aliphatic rings. The van der Waals surface area contributed by atoms with Gasteiger partial charge in [0, 0.05) is 11.6 Å². The number of nitrogens with two attached hydrogens (primary N) is 1. The van der Waals surface area contributed by atoms with Crippen LogP contribution >= 0.6 is 0 Å². The van der Waals surface area contributed by atoms with Crippen LogP contribution in [0, 0.1) is 6.92 Å². The Hall–Kier alpha value is -1.16. The Morgan fingerprint density at radius 3 is 3.15 bits per heavy atom. The first kappa shape index (κ1) is 8.44. The number of rotatable bonds is 0. The molecule has 0 bridgehead atoms. The van der Waals surface area contributed by atoms with Crippen molar-refractivity contribution in [3.05, 3.63) is 27.4 Å². The molecule has 1 aliphatic carbocycles. The molecule has 0 saturated carbocycles. The van der Waals surface area contributed by atoms with Crippen LogP contribution in [0.25, 0.3) is 0 Å². The van der Waals surface area contributed by atoms with Crippen LogP contribution in [-0.2, 0) is 12.8 Å². The molecular formula is C9H13N3O. The fourth-order valence-corrected chi connectivity index (χ4v) is 1.77. The Morgan fingerprint density at radius 2 is 2.38 bits per heavy atom. The molecule has 4 nitrogen and oxygen atoms in total. The first-order valence-electron chi connectivity index (χ1n) is 4.51. The Balaban J connectivity index is 2.53. The van der Waals surface area contributed by atoms with Crippen LogP contribution in [0.1, 0.15) is 23.5 Å². The van der Waals surface area contributed by atoms with Crippen LogP contribution in [0.15, 0.2) is 4.79 Å². The normalized spacial score (nSPS) is 21.2. The van der Waals surface area contributed by atoms with Crippen molar-refractivity contribution < 1.29 is 0 Å². The Kier molecular flexibility index (Phi) is 1.92. The van der Waals surface area contributed by atoms with Gasteiger partial charge in [0.15, 0.2) is 0 Å². The summed E-state index contributed by atoms with van der Waals surface area (Å²) in [5, 5.41) is 0. The van der Waals surface area contributed by atoms with Gasteiger partial charge in [-0.1, -0.05) is 0 Å². The number of hydrogen-bond donors (Lipinski definition) is 2. The van der Waals surface area contributed by atoms with E-state index in [-0.39, 0.29) is 11.6 Å². The molecule has 1 heterocycles. The second-order valence-corrected chi connectivity index (χ2v) is 3.58. The number of aromatic nitrogens is 2. The highest BCUT2D eigenvalue weighted by Crippen LogP contribution is 2.14. The molecule has 13 heavy (non-hydrogen) atoms. The third-order valence-electron chi connectivity index (χ3n) is 2.44. The average Bonchev–Trinajstić information content (AvgIpc) is 2.06. The lowest BCUT2D eigenvalue weighted by atomic mass is 9.93. The van der Waals surface area contributed by atoms with E-state index in [9.17, 15) is 4.79 Å². The van der Waals surface area contributed by atoms with Gasteiger partial charge in [-0.15, -0.1) is 0 Å². The maximum absolute atomic E-state index is 11.5. The molecule has 2 rings (SSSR count). The van der Waals surface area contributed by atoms with E-state index in [0.717, 1.165) is 24.1 Å². The summed E-state index contributed by atoms with van der Waals surface area (Å²) in [6, 6.07) is 0.123. The highest BCUT2D eigenvalue weighted by molar-refractivity contribution is 5.22. The summed E-state index contributed by atoms with van der Waals surface area (Å²) in [6.45, 7) is 1.80. The molecule has 1 atom stereocenters. The van der Waals surface area contributed by atoms with Crippen LogP contribution in [0.5, 0.6) is 0 Å². The first-order chi connectivity index (χ1) is 6.16. The lowest BCUT2D eigenvalue weighted by molar-refractivity contribution is 0.558. The van der Waals surface area contributed by atoms with Gasteiger partial charge < -0.3 is 10.7 Å². The molecule has 0 amide bonds. The smallest absolute Gasteiger partial charge is 0.254 e. The lowest BCUT2D eigenvalue weighted by Gasteiger charge is -2.19. The summed E-state index contributed by atoms with van der Waals surface area (Å²) in [6.07, 6.45) is 2.43. The average molecular weight is 179 g/mol. The number of nitrogens with zero attached hydrogens (tertiary/aromatic N) is 1. The standard InChI is InChI=1S/C9H13N3O/c1-5-11-8-3-2-6(10)4-7(8)9(13)12-5/h6H,2-4,10H2,1H3,(H,11,12,13). The largest absolute Gasteiger partial charge is 0.327 e. The van der Waals surface area contributed by atoms with Crippen LogP contribution in [0.4, 0.5) is 0 Å². The minimum Gasteiger partial charge on any atom is -0.327 e. The zero-order valence-corrected chi connectivity index (χ0v) is 7.63. The maximum Gasteiger partial charge on any atom is 0.254 e. The summed E-state index contributed by atoms with van der Waals surface area (Å²) in [5.74, 6) is 0.694. The van der Waals surface area contributed by atoms with E-state index < -0.39 is 0 Å². The van der Waals surface area contributed by atoms with Crippen molar-refractivity contribution in [2.24, 2.45) is 5.73 Å². The zero-order valence-electron chi connectivity index (χ0n) is 7.63. The second-order valence-electron chi connectivity index (χ2n) is 3.58. The zero-order chi connectivity index (χ0) is 9.42. The van der Waals surface area contributed by atoms with Crippen molar-refractivity contribution in [3.63, 3.8) is 0 Å². The summed E-state index contributed by atoms with van der Waals surface area (Å²) in [5.41, 5.74) is 7.47. The summed E-state index contributed by atoms with van der Waals surface area (Å²) in [7, 11) is 0. The molecule has 0 spiro atoms. The number of aromatic amines is 1. The van der Waals surface area contributed by atoms with Gasteiger partial charge in [0.1, 0.15) is 5.82 Å². The van der Waals surface area contributed by atoms with Gasteiger partial charge in [-0.2, -0.15) is 0 Å². The Labute approximate surface area is 76.2 Å². The van der Waals surface area contributed by atoms with Crippen molar-refractivity contribution in [1.82, 2.24) is 9.97 Å². The minimum atomic E-state index is -0.0161. The Morgan fingerprint density at radius 1 is 1.62 bits per heavy atom. The summed E-state index contributed by atoms with van der Waals surface area (Å²) in [4.78, 5) is 18.5. The fourth-order valence-electron chi connectivity index (χ4n) is 1.77. The molecule has 0 aliphatic heterocycles. The van der Waals surface area contributed by atoms with Crippen molar-refractivity contribution >= 4 is 0 Å². The van der Waals surface area contributed by atoms with Gasteiger partial charge >= 0.3 is 0 Å². The molecule has 0 aromatic carbocycles. The van der Waals surface area contributed by atoms with Crippen molar-refractivity contribution in [1.29, 1.82) is 0 Å². The summed E-state index contributed by atoms with van der Waals surface area (Å²) >= 11 is 0. The van der Waals surface area contributed by atoms with E-state index in [1.807, 2.05) is 0 Å². The molecule has 1 aromatic rings. The van der Waals surface area contributed by atoms with Crippen LogP contribution < -0.4 is 11.3 Å². The van der Waals surface area contributed by atoms with Crippen molar-refractivity contribution in [3.8, 4) is 0 Å². The predicted octanol–water partition coefficient (Wildman–Crippen LogP) is -0.106. The molecule has 1 aromatic heterocycles. The number of H-pyrrole nitrogens is 1. The third kappa shape index (κ3) is 1.49. The lowest BCUT2D eigenvalue weighted by Crippen LogP contribution is -2.33. The molecule has 1 unspecified atom stereocenters. The van der Waals surface area contributed by atoms with Crippen molar-refractivity contribution in [2.75, 3.05) is 0 Å². The predicted molar refractivity (Wildman–Crippen MR) is 49.6 cm³/mol. The van der Waals surface area contributed by atoms with Gasteiger partial charge in [0.2, 0.25) is 0 Å². The van der Waals surface area contributed by atoms with Gasteiger partial charge in [0.05, 0.1) is 5.69 Å². The SMILES string of the molecule is Cc1nc2c(c(=O)[nH]1)CC(N)CC2. The number of nitrogens with one attached hydrogen (secondary N) is 1. The van der Waals surface area contributed by atoms with E-state index in [1.54, 1.807) is 6.92 Å². The van der Waals surface area contributed by atoms with Gasteiger partial charge in [-0.3, -0.25) is 4.79 Å². The van der Waals surface area contributed by atoms with E-state index in [1.165, 1.54) is 0 Å². The highest BCUT2D eigenvalue weighted by atomic mass is 16.1. The van der Waals surface area contributed by atoms with Crippen LogP contribution in [0.3, 0.4) is 0 Å². The fraction of sp³-hybridized carbons (Fsp3) is 0.556. The highest BCUT2D eigenvalue weighted by Gasteiger charge is 2.19. The van der Waals surface area contributed by atoms with E-state index in [4.69, 9.17) is 5.73 Å². The molecule has 0 fully saturated rings. The molecule has 3 N–H and O–H groups in total.